The van der Waals surface area contributed by atoms with Crippen LogP contribution < -0.4 is 10.1 Å². The first kappa shape index (κ1) is 35.5. The second-order valence-corrected chi connectivity index (χ2v) is 17.9. The highest BCUT2D eigenvalue weighted by Gasteiger charge is 2.68. The monoisotopic (exact) mass is 661 g/mol. The highest BCUT2D eigenvalue weighted by Crippen LogP contribution is 2.73. The Bertz CT molecular complexity index is 1370. The van der Waals surface area contributed by atoms with Crippen molar-refractivity contribution in [2.24, 2.45) is 57.2 Å². The third-order valence-corrected chi connectivity index (χ3v) is 15.3. The molecule has 0 aromatic heterocycles. The molecule has 0 radical (unpaired) electrons. The number of carboxylic acids is 1. The average molecular weight is 662 g/mol. The van der Waals surface area contributed by atoms with Crippen LogP contribution in [-0.4, -0.2) is 41.3 Å². The Morgan fingerprint density at radius 2 is 1.69 bits per heavy atom. The summed E-state index contributed by atoms with van der Waals surface area (Å²) in [4.78, 5) is 25.2. The van der Waals surface area contributed by atoms with Crippen molar-refractivity contribution in [2.75, 3.05) is 13.2 Å². The van der Waals surface area contributed by atoms with Crippen LogP contribution in [0, 0.1) is 57.2 Å². The maximum absolute atomic E-state index is 14.4. The lowest BCUT2D eigenvalue weighted by Gasteiger charge is -2.69. The van der Waals surface area contributed by atoms with E-state index < -0.39 is 5.97 Å². The molecule has 0 heterocycles. The molecule has 48 heavy (non-hydrogen) atoms. The fraction of sp³-hybridized carbons (Fsp3) is 0.762. The number of rotatable bonds is 11. The minimum atomic E-state index is -0.769. The van der Waals surface area contributed by atoms with Crippen LogP contribution in [0.2, 0.25) is 0 Å². The maximum atomic E-state index is 14.4. The van der Waals surface area contributed by atoms with Gasteiger partial charge < -0.3 is 20.3 Å². The molecular weight excluding hydrogens is 598 g/mol. The van der Waals surface area contributed by atoms with Crippen LogP contribution in [0.3, 0.4) is 0 Å². The SMILES string of the molecule is C=C(C)C1CCC2(C(=O)NCCc3cccc(OCCCCC(=O)O)c3)CCC3C(CCC4C3(C)CCC3C(C)(C)C(O)CCC34C)C12. The second-order valence-electron chi connectivity index (χ2n) is 17.9. The van der Waals surface area contributed by atoms with Gasteiger partial charge in [0.05, 0.1) is 18.1 Å². The molecule has 5 aliphatic carbocycles. The van der Waals surface area contributed by atoms with Crippen molar-refractivity contribution in [1.29, 1.82) is 0 Å². The number of hydrogen-bond donors (Lipinski definition) is 3. The van der Waals surface area contributed by atoms with Gasteiger partial charge in [0.1, 0.15) is 5.75 Å². The third kappa shape index (κ3) is 6.04. The van der Waals surface area contributed by atoms with Gasteiger partial charge in [-0.15, -0.1) is 0 Å². The van der Waals surface area contributed by atoms with Crippen LogP contribution in [0.15, 0.2) is 36.4 Å². The van der Waals surface area contributed by atoms with Gasteiger partial charge in [0.15, 0.2) is 0 Å². The molecule has 266 valence electrons. The van der Waals surface area contributed by atoms with Crippen molar-refractivity contribution < 1.29 is 24.5 Å². The molecular formula is C42H63NO5. The van der Waals surface area contributed by atoms with Gasteiger partial charge in [0, 0.05) is 13.0 Å². The Morgan fingerprint density at radius 3 is 2.44 bits per heavy atom. The molecule has 3 N–H and O–H groups in total. The summed E-state index contributed by atoms with van der Waals surface area (Å²) in [6.45, 7) is 17.7. The molecule has 0 saturated heterocycles. The molecule has 0 aliphatic heterocycles. The number of aliphatic hydroxyl groups is 1. The zero-order chi connectivity index (χ0) is 34.5. The Morgan fingerprint density at radius 1 is 0.938 bits per heavy atom. The molecule has 6 nitrogen and oxygen atoms in total. The fourth-order valence-corrected chi connectivity index (χ4v) is 13.0. The highest BCUT2D eigenvalue weighted by atomic mass is 16.5. The molecule has 5 aliphatic rings. The number of allylic oxidation sites excluding steroid dienone is 1. The lowest BCUT2D eigenvalue weighted by Crippen LogP contribution is -2.64. The van der Waals surface area contributed by atoms with E-state index in [1.54, 1.807) is 0 Å². The molecule has 6 rings (SSSR count). The minimum Gasteiger partial charge on any atom is -0.494 e. The number of aliphatic carboxylic acids is 1. The van der Waals surface area contributed by atoms with Crippen molar-refractivity contribution in [1.82, 2.24) is 5.32 Å². The van der Waals surface area contributed by atoms with Gasteiger partial charge in [0.25, 0.3) is 0 Å². The molecule has 1 aromatic carbocycles. The topological polar surface area (TPSA) is 95.9 Å². The summed E-state index contributed by atoms with van der Waals surface area (Å²) < 4.78 is 5.89. The molecule has 0 spiro atoms. The molecule has 1 amide bonds. The summed E-state index contributed by atoms with van der Waals surface area (Å²) in [7, 11) is 0. The standard InChI is InChI=1S/C42H63NO5/c1-27(2)30-15-22-42(38(47)43-24-19-28-10-9-11-29(26-28)48-25-8-7-12-36(45)46)23-16-32-31(37(30)42)13-14-34-40(32,5)20-17-33-39(3,4)35(44)18-21-41(33,34)6/h9-11,26,30-35,37,44H,1,7-8,12-25H2,2-6H3,(H,43,47)(H,45,46). The van der Waals surface area contributed by atoms with Crippen molar-refractivity contribution in [3.05, 3.63) is 42.0 Å². The summed E-state index contributed by atoms with van der Waals surface area (Å²) in [6.07, 6.45) is 13.3. The van der Waals surface area contributed by atoms with Crippen molar-refractivity contribution in [3.8, 4) is 5.75 Å². The third-order valence-electron chi connectivity index (χ3n) is 15.3. The zero-order valence-corrected chi connectivity index (χ0v) is 30.5. The average Bonchev–Trinajstić information content (AvgIpc) is 3.45. The fourth-order valence-electron chi connectivity index (χ4n) is 13.0. The number of carboxylic acid groups (broad SMARTS) is 1. The Balaban J connectivity index is 1.14. The number of aliphatic hydroxyl groups excluding tert-OH is 1. The molecule has 5 fully saturated rings. The van der Waals surface area contributed by atoms with Gasteiger partial charge in [-0.25, -0.2) is 0 Å². The van der Waals surface area contributed by atoms with Gasteiger partial charge in [-0.1, -0.05) is 52.0 Å². The highest BCUT2D eigenvalue weighted by molar-refractivity contribution is 5.83. The first-order valence-corrected chi connectivity index (χ1v) is 19.3. The van der Waals surface area contributed by atoms with E-state index in [2.05, 4.69) is 52.6 Å². The van der Waals surface area contributed by atoms with E-state index in [-0.39, 0.29) is 34.7 Å². The van der Waals surface area contributed by atoms with Crippen LogP contribution in [0.4, 0.5) is 0 Å². The Hall–Kier alpha value is -2.34. The lowest BCUT2D eigenvalue weighted by molar-refractivity contribution is -0.216. The van der Waals surface area contributed by atoms with Gasteiger partial charge in [-0.05, 0) is 160 Å². The summed E-state index contributed by atoms with van der Waals surface area (Å²) in [5.74, 6) is 3.58. The van der Waals surface area contributed by atoms with E-state index in [0.29, 0.717) is 66.9 Å². The second kappa shape index (κ2) is 13.4. The normalized spacial score (nSPS) is 39.7. The number of carbonyl (C=O) groups is 2. The van der Waals surface area contributed by atoms with E-state index in [4.69, 9.17) is 9.84 Å². The molecule has 5 saturated carbocycles. The summed E-state index contributed by atoms with van der Waals surface area (Å²) >= 11 is 0. The first-order valence-electron chi connectivity index (χ1n) is 19.3. The smallest absolute Gasteiger partial charge is 0.303 e. The van der Waals surface area contributed by atoms with Crippen molar-refractivity contribution in [2.45, 2.75) is 131 Å². The van der Waals surface area contributed by atoms with Gasteiger partial charge >= 0.3 is 5.97 Å². The van der Waals surface area contributed by atoms with E-state index >= 15 is 0 Å². The molecule has 10 unspecified atom stereocenters. The number of benzene rings is 1. The van der Waals surface area contributed by atoms with Gasteiger partial charge in [-0.3, -0.25) is 9.59 Å². The van der Waals surface area contributed by atoms with E-state index in [9.17, 15) is 14.7 Å². The zero-order valence-electron chi connectivity index (χ0n) is 30.5. The summed E-state index contributed by atoms with van der Waals surface area (Å²) in [5.41, 5.74) is 2.64. The van der Waals surface area contributed by atoms with E-state index in [1.807, 2.05) is 18.2 Å². The van der Waals surface area contributed by atoms with Crippen LogP contribution >= 0.6 is 0 Å². The predicted molar refractivity (Wildman–Crippen MR) is 190 cm³/mol. The Kier molecular flexibility index (Phi) is 9.92. The summed E-state index contributed by atoms with van der Waals surface area (Å²) in [5, 5.41) is 23.3. The quantitative estimate of drug-likeness (QED) is 0.163. The molecule has 10 atom stereocenters. The number of unbranched alkanes of at least 4 members (excludes halogenated alkanes) is 1. The van der Waals surface area contributed by atoms with Crippen molar-refractivity contribution >= 4 is 11.9 Å². The van der Waals surface area contributed by atoms with Crippen molar-refractivity contribution in [3.63, 3.8) is 0 Å². The number of ether oxygens (including phenoxy) is 1. The van der Waals surface area contributed by atoms with Crippen LogP contribution in [0.1, 0.15) is 124 Å². The van der Waals surface area contributed by atoms with Crippen LogP contribution in [0.5, 0.6) is 5.75 Å². The number of amides is 1. The maximum Gasteiger partial charge on any atom is 0.303 e. The summed E-state index contributed by atoms with van der Waals surface area (Å²) in [6, 6.07) is 8.07. The lowest BCUT2D eigenvalue weighted by atomic mass is 9.36. The number of carbonyl (C=O) groups excluding carboxylic acids is 1. The molecule has 6 heteroatoms. The van der Waals surface area contributed by atoms with Crippen LogP contribution in [0.25, 0.3) is 0 Å². The predicted octanol–water partition coefficient (Wildman–Crippen LogP) is 8.61. The first-order chi connectivity index (χ1) is 22.7. The number of fused-ring (bicyclic) bond motifs is 7. The van der Waals surface area contributed by atoms with Gasteiger partial charge in [0.2, 0.25) is 5.91 Å². The molecule has 1 aromatic rings. The van der Waals surface area contributed by atoms with E-state index in [1.165, 1.54) is 31.3 Å². The van der Waals surface area contributed by atoms with Gasteiger partial charge in [-0.2, -0.15) is 0 Å². The van der Waals surface area contributed by atoms with Crippen LogP contribution in [-0.2, 0) is 16.0 Å². The van der Waals surface area contributed by atoms with E-state index in [0.717, 1.165) is 56.3 Å². The minimum absolute atomic E-state index is 0.0286. The number of hydrogen-bond acceptors (Lipinski definition) is 4. The largest absolute Gasteiger partial charge is 0.494 e. The number of nitrogens with one attached hydrogen (secondary N) is 1. The Labute approximate surface area is 289 Å². The molecule has 0 bridgehead atoms.